The molecule has 0 aliphatic rings. The number of nitrogens with one attached hydrogen (secondary N) is 2. The Bertz CT molecular complexity index is 703. The van der Waals surface area contributed by atoms with E-state index in [-0.39, 0.29) is 12.5 Å². The van der Waals surface area contributed by atoms with Gasteiger partial charge in [-0.15, -0.1) is 0 Å². The predicted molar refractivity (Wildman–Crippen MR) is 96.2 cm³/mol. The number of hydrazone groups is 1. The van der Waals surface area contributed by atoms with Gasteiger partial charge in [0.05, 0.1) is 12.3 Å². The Morgan fingerprint density at radius 2 is 1.70 bits per heavy atom. The fourth-order valence-electron chi connectivity index (χ4n) is 2.20. The molecular formula is C18H20ClN3O. The van der Waals surface area contributed by atoms with Crippen molar-refractivity contribution in [1.29, 1.82) is 0 Å². The van der Waals surface area contributed by atoms with Crippen molar-refractivity contribution in [3.05, 3.63) is 64.2 Å². The normalized spacial score (nSPS) is 11.2. The molecule has 0 aromatic heterocycles. The lowest BCUT2D eigenvalue weighted by Crippen LogP contribution is -2.27. The van der Waals surface area contributed by atoms with Crippen molar-refractivity contribution in [1.82, 2.24) is 5.43 Å². The van der Waals surface area contributed by atoms with Gasteiger partial charge in [0.1, 0.15) is 0 Å². The average molecular weight is 330 g/mol. The lowest BCUT2D eigenvalue weighted by Gasteiger charge is -2.11. The van der Waals surface area contributed by atoms with Crippen LogP contribution in [0.2, 0.25) is 5.02 Å². The SMILES string of the molecule is C/C(=N\NC(=O)CNc1c(C)cccc1C)c1ccc(Cl)cc1. The molecule has 0 saturated heterocycles. The van der Waals surface area contributed by atoms with Crippen LogP contribution in [0.1, 0.15) is 23.6 Å². The molecule has 0 aliphatic heterocycles. The van der Waals surface area contributed by atoms with Gasteiger partial charge >= 0.3 is 0 Å². The van der Waals surface area contributed by atoms with Crippen LogP contribution < -0.4 is 10.7 Å². The highest BCUT2D eigenvalue weighted by Gasteiger charge is 2.05. The van der Waals surface area contributed by atoms with E-state index in [9.17, 15) is 4.79 Å². The van der Waals surface area contributed by atoms with Gasteiger partial charge in [-0.3, -0.25) is 4.79 Å². The summed E-state index contributed by atoms with van der Waals surface area (Å²) < 4.78 is 0. The van der Waals surface area contributed by atoms with E-state index in [0.29, 0.717) is 5.02 Å². The Balaban J connectivity index is 1.92. The summed E-state index contributed by atoms with van der Waals surface area (Å²) in [6, 6.07) is 13.3. The molecule has 2 rings (SSSR count). The van der Waals surface area contributed by atoms with Gasteiger partial charge in [0, 0.05) is 10.7 Å². The molecule has 4 nitrogen and oxygen atoms in total. The molecule has 0 atom stereocenters. The number of hydrogen-bond donors (Lipinski definition) is 2. The molecule has 0 saturated carbocycles. The number of benzene rings is 2. The predicted octanol–water partition coefficient (Wildman–Crippen LogP) is 3.91. The zero-order valence-electron chi connectivity index (χ0n) is 13.5. The molecule has 2 aromatic carbocycles. The Morgan fingerprint density at radius 3 is 2.30 bits per heavy atom. The molecule has 1 amide bonds. The van der Waals surface area contributed by atoms with Crippen molar-refractivity contribution in [3.63, 3.8) is 0 Å². The van der Waals surface area contributed by atoms with Crippen LogP contribution in [0, 0.1) is 13.8 Å². The van der Waals surface area contributed by atoms with Gasteiger partial charge < -0.3 is 5.32 Å². The lowest BCUT2D eigenvalue weighted by molar-refractivity contribution is -0.119. The maximum absolute atomic E-state index is 11.9. The minimum Gasteiger partial charge on any atom is -0.376 e. The van der Waals surface area contributed by atoms with E-state index >= 15 is 0 Å². The standard InChI is InChI=1S/C18H20ClN3O/c1-12-5-4-6-13(2)18(12)20-11-17(23)22-21-14(3)15-7-9-16(19)10-8-15/h4-10,20H,11H2,1-3H3,(H,22,23)/b21-14+. The number of amides is 1. The fourth-order valence-corrected chi connectivity index (χ4v) is 2.33. The second-order valence-corrected chi connectivity index (χ2v) is 5.80. The van der Waals surface area contributed by atoms with Crippen LogP contribution >= 0.6 is 11.6 Å². The fraction of sp³-hybridized carbons (Fsp3) is 0.222. The van der Waals surface area contributed by atoms with Gasteiger partial charge in [-0.25, -0.2) is 5.43 Å². The van der Waals surface area contributed by atoms with Crippen LogP contribution in [0.15, 0.2) is 47.6 Å². The highest BCUT2D eigenvalue weighted by Crippen LogP contribution is 2.18. The first-order valence-corrected chi connectivity index (χ1v) is 7.74. The zero-order chi connectivity index (χ0) is 16.8. The number of hydrogen-bond acceptors (Lipinski definition) is 3. The summed E-state index contributed by atoms with van der Waals surface area (Å²) in [4.78, 5) is 11.9. The minimum absolute atomic E-state index is 0.170. The van der Waals surface area contributed by atoms with Gasteiger partial charge in [0.15, 0.2) is 0 Å². The third-order valence-corrected chi connectivity index (χ3v) is 3.77. The molecular weight excluding hydrogens is 310 g/mol. The van der Waals surface area contributed by atoms with Crippen molar-refractivity contribution in [2.24, 2.45) is 5.10 Å². The van der Waals surface area contributed by atoms with Crippen molar-refractivity contribution in [2.75, 3.05) is 11.9 Å². The summed E-state index contributed by atoms with van der Waals surface area (Å²) in [7, 11) is 0. The van der Waals surface area contributed by atoms with E-state index in [1.807, 2.05) is 51.1 Å². The second kappa shape index (κ2) is 7.79. The van der Waals surface area contributed by atoms with Gasteiger partial charge in [-0.05, 0) is 49.6 Å². The molecule has 23 heavy (non-hydrogen) atoms. The van der Waals surface area contributed by atoms with Gasteiger partial charge in [0.25, 0.3) is 5.91 Å². The second-order valence-electron chi connectivity index (χ2n) is 5.36. The molecule has 2 N–H and O–H groups in total. The summed E-state index contributed by atoms with van der Waals surface area (Å²) in [5.74, 6) is -0.194. The number of carbonyl (C=O) groups is 1. The molecule has 5 heteroatoms. The number of rotatable bonds is 5. The van der Waals surface area contributed by atoms with Gasteiger partial charge in [-0.1, -0.05) is 41.9 Å². The third kappa shape index (κ3) is 4.83. The number of anilines is 1. The third-order valence-electron chi connectivity index (χ3n) is 3.52. The number of halogens is 1. The quantitative estimate of drug-likeness (QED) is 0.645. The Hall–Kier alpha value is -2.33. The van der Waals surface area contributed by atoms with E-state index in [2.05, 4.69) is 15.8 Å². The Kier molecular flexibility index (Phi) is 5.77. The van der Waals surface area contributed by atoms with Gasteiger partial charge in [0.2, 0.25) is 0 Å². The van der Waals surface area contributed by atoms with Crippen LogP contribution in [-0.2, 0) is 4.79 Å². The van der Waals surface area contributed by atoms with E-state index in [4.69, 9.17) is 11.6 Å². The number of carbonyl (C=O) groups excluding carboxylic acids is 1. The van der Waals surface area contributed by atoms with Crippen molar-refractivity contribution >= 4 is 28.9 Å². The Morgan fingerprint density at radius 1 is 1.09 bits per heavy atom. The molecule has 0 unspecified atom stereocenters. The maximum Gasteiger partial charge on any atom is 0.259 e. The number of para-hydroxylation sites is 1. The first-order chi connectivity index (χ1) is 11.0. The lowest BCUT2D eigenvalue weighted by atomic mass is 10.1. The van der Waals surface area contributed by atoms with Crippen LogP contribution in [-0.4, -0.2) is 18.2 Å². The molecule has 0 heterocycles. The molecule has 120 valence electrons. The van der Waals surface area contributed by atoms with Crippen LogP contribution in [0.4, 0.5) is 5.69 Å². The summed E-state index contributed by atoms with van der Waals surface area (Å²) in [5, 5.41) is 7.94. The number of nitrogens with zero attached hydrogens (tertiary/aromatic N) is 1. The number of aryl methyl sites for hydroxylation is 2. The van der Waals surface area contributed by atoms with Crippen LogP contribution in [0.25, 0.3) is 0 Å². The highest BCUT2D eigenvalue weighted by molar-refractivity contribution is 6.30. The van der Waals surface area contributed by atoms with Gasteiger partial charge in [-0.2, -0.15) is 5.10 Å². The topological polar surface area (TPSA) is 53.5 Å². The molecule has 2 aromatic rings. The van der Waals surface area contributed by atoms with E-state index in [1.54, 1.807) is 12.1 Å². The van der Waals surface area contributed by atoms with Crippen molar-refractivity contribution in [3.8, 4) is 0 Å². The molecule has 0 fully saturated rings. The zero-order valence-corrected chi connectivity index (χ0v) is 14.2. The Labute approximate surface area is 141 Å². The highest BCUT2D eigenvalue weighted by atomic mass is 35.5. The van der Waals surface area contributed by atoms with E-state index in [1.165, 1.54) is 0 Å². The monoisotopic (exact) mass is 329 g/mol. The molecule has 0 bridgehead atoms. The first kappa shape index (κ1) is 17.0. The van der Waals surface area contributed by atoms with E-state index < -0.39 is 0 Å². The first-order valence-electron chi connectivity index (χ1n) is 7.36. The van der Waals surface area contributed by atoms with Crippen LogP contribution in [0.3, 0.4) is 0 Å². The summed E-state index contributed by atoms with van der Waals surface area (Å²) in [6.45, 7) is 6.03. The minimum atomic E-state index is -0.194. The maximum atomic E-state index is 11.9. The molecule has 0 aliphatic carbocycles. The largest absolute Gasteiger partial charge is 0.376 e. The van der Waals surface area contributed by atoms with Crippen molar-refractivity contribution in [2.45, 2.75) is 20.8 Å². The smallest absolute Gasteiger partial charge is 0.259 e. The van der Waals surface area contributed by atoms with Crippen molar-refractivity contribution < 1.29 is 4.79 Å². The average Bonchev–Trinajstić information content (AvgIpc) is 2.53. The van der Waals surface area contributed by atoms with E-state index in [0.717, 1.165) is 28.1 Å². The summed E-state index contributed by atoms with van der Waals surface area (Å²) >= 11 is 5.85. The van der Waals surface area contributed by atoms with Crippen LogP contribution in [0.5, 0.6) is 0 Å². The summed E-state index contributed by atoms with van der Waals surface area (Å²) in [6.07, 6.45) is 0. The molecule has 0 radical (unpaired) electrons. The molecule has 0 spiro atoms. The summed E-state index contributed by atoms with van der Waals surface area (Å²) in [5.41, 5.74) is 7.40.